The van der Waals surface area contributed by atoms with Gasteiger partial charge in [-0.05, 0) is 37.6 Å². The number of rotatable bonds is 9. The van der Waals surface area contributed by atoms with E-state index in [9.17, 15) is 10.1 Å². The van der Waals surface area contributed by atoms with Crippen molar-refractivity contribution >= 4 is 5.91 Å². The van der Waals surface area contributed by atoms with Crippen molar-refractivity contribution in [1.29, 1.82) is 5.26 Å². The van der Waals surface area contributed by atoms with E-state index in [1.807, 2.05) is 50.1 Å². The second-order valence-corrected chi connectivity index (χ2v) is 6.43. The lowest BCUT2D eigenvalue weighted by atomic mass is 9.90. The third-order valence-electron chi connectivity index (χ3n) is 3.94. The molecule has 1 amide bonds. The van der Waals surface area contributed by atoms with Crippen LogP contribution in [-0.2, 0) is 11.3 Å². The minimum Gasteiger partial charge on any atom is -0.490 e. The maximum absolute atomic E-state index is 12.2. The van der Waals surface area contributed by atoms with Gasteiger partial charge in [-0.15, -0.1) is 0 Å². The zero-order valence-electron chi connectivity index (χ0n) is 15.0. The fraction of sp³-hybridized carbons (Fsp3) is 0.474. The number of nitriles is 1. The highest BCUT2D eigenvalue weighted by Gasteiger charge is 2.30. The Morgan fingerprint density at radius 3 is 2.58 bits per heavy atom. The predicted molar refractivity (Wildman–Crippen MR) is 95.5 cm³/mol. The molecule has 1 N–H and O–H groups in total. The van der Waals surface area contributed by atoms with E-state index in [-0.39, 0.29) is 18.4 Å². The Morgan fingerprint density at radius 2 is 2.08 bits per heavy atom. The summed E-state index contributed by atoms with van der Waals surface area (Å²) in [5, 5.41) is 12.1. The van der Waals surface area contributed by atoms with E-state index in [2.05, 4.69) is 18.0 Å². The number of amides is 1. The van der Waals surface area contributed by atoms with E-state index < -0.39 is 5.54 Å². The van der Waals surface area contributed by atoms with Crippen LogP contribution in [0.5, 0.6) is 5.75 Å². The Hall–Kier alpha value is -2.32. The molecule has 0 aromatic heterocycles. The van der Waals surface area contributed by atoms with Crippen molar-refractivity contribution in [2.45, 2.75) is 32.9 Å². The van der Waals surface area contributed by atoms with Crippen molar-refractivity contribution in [2.24, 2.45) is 5.92 Å². The number of hydrogen-bond donors (Lipinski definition) is 1. The van der Waals surface area contributed by atoms with Gasteiger partial charge in [0.2, 0.25) is 5.91 Å². The molecule has 0 spiro atoms. The molecule has 5 heteroatoms. The molecule has 5 nitrogen and oxygen atoms in total. The van der Waals surface area contributed by atoms with Gasteiger partial charge in [0.05, 0.1) is 12.6 Å². The van der Waals surface area contributed by atoms with Crippen LogP contribution in [0.25, 0.3) is 0 Å². The first-order valence-electron chi connectivity index (χ1n) is 8.04. The molecule has 0 bridgehead atoms. The minimum atomic E-state index is -0.845. The third kappa shape index (κ3) is 6.05. The van der Waals surface area contributed by atoms with Gasteiger partial charge in [-0.1, -0.05) is 38.6 Å². The zero-order valence-corrected chi connectivity index (χ0v) is 15.0. The average Bonchev–Trinajstić information content (AvgIpc) is 2.53. The minimum absolute atomic E-state index is 0.0415. The van der Waals surface area contributed by atoms with Gasteiger partial charge in [0, 0.05) is 6.54 Å². The van der Waals surface area contributed by atoms with Gasteiger partial charge < -0.3 is 10.1 Å². The lowest BCUT2D eigenvalue weighted by Crippen LogP contribution is -2.51. The molecule has 130 valence electrons. The molecule has 0 saturated carbocycles. The molecule has 0 aliphatic carbocycles. The lowest BCUT2D eigenvalue weighted by Gasteiger charge is -2.28. The number of nitrogens with one attached hydrogen (secondary N) is 1. The van der Waals surface area contributed by atoms with Crippen LogP contribution in [0.1, 0.15) is 26.3 Å². The van der Waals surface area contributed by atoms with Gasteiger partial charge >= 0.3 is 0 Å². The topological polar surface area (TPSA) is 65.4 Å². The van der Waals surface area contributed by atoms with E-state index in [4.69, 9.17) is 4.74 Å². The Balaban J connectivity index is 2.53. The van der Waals surface area contributed by atoms with Gasteiger partial charge in [-0.3, -0.25) is 9.69 Å². The number of hydrogen-bond acceptors (Lipinski definition) is 4. The number of carbonyl (C=O) groups excluding carboxylic acids is 1. The zero-order chi connectivity index (χ0) is 18.2. The highest BCUT2D eigenvalue weighted by atomic mass is 16.5. The van der Waals surface area contributed by atoms with Crippen LogP contribution in [0, 0.1) is 17.2 Å². The smallest absolute Gasteiger partial charge is 0.235 e. The van der Waals surface area contributed by atoms with Gasteiger partial charge in [0.1, 0.15) is 17.9 Å². The molecular formula is C19H27N3O2. The molecule has 1 aromatic rings. The van der Waals surface area contributed by atoms with E-state index in [1.54, 1.807) is 13.0 Å². The number of ether oxygens (including phenoxy) is 1. The summed E-state index contributed by atoms with van der Waals surface area (Å²) in [6, 6.07) is 9.93. The molecule has 1 rings (SSSR count). The van der Waals surface area contributed by atoms with Crippen molar-refractivity contribution in [3.05, 3.63) is 42.5 Å². The molecule has 0 saturated heterocycles. The summed E-state index contributed by atoms with van der Waals surface area (Å²) in [6.07, 6.45) is 1.70. The number of carbonyl (C=O) groups is 1. The third-order valence-corrected chi connectivity index (χ3v) is 3.94. The van der Waals surface area contributed by atoms with Crippen LogP contribution in [0.2, 0.25) is 0 Å². The van der Waals surface area contributed by atoms with E-state index in [1.165, 1.54) is 0 Å². The maximum Gasteiger partial charge on any atom is 0.235 e. The molecule has 0 aliphatic heterocycles. The molecule has 0 heterocycles. The largest absolute Gasteiger partial charge is 0.490 e. The first kappa shape index (κ1) is 19.7. The van der Waals surface area contributed by atoms with Crippen LogP contribution in [0.3, 0.4) is 0 Å². The van der Waals surface area contributed by atoms with Crippen molar-refractivity contribution in [3.8, 4) is 11.8 Å². The molecule has 1 atom stereocenters. The highest BCUT2D eigenvalue weighted by molar-refractivity contribution is 5.79. The standard InChI is InChI=1S/C19H27N3O2/c1-6-11-24-17-9-7-16(8-10-17)12-22(5)13-18(23)21-19(4,14-20)15(2)3/h6-10,15H,1,11-13H2,2-5H3,(H,21,23)/t19-/m0/s1. The van der Waals surface area contributed by atoms with Crippen LogP contribution in [-0.4, -0.2) is 36.5 Å². The molecule has 24 heavy (non-hydrogen) atoms. The number of benzene rings is 1. The fourth-order valence-electron chi connectivity index (χ4n) is 2.09. The van der Waals surface area contributed by atoms with Crippen LogP contribution in [0.4, 0.5) is 0 Å². The predicted octanol–water partition coefficient (Wildman–Crippen LogP) is 2.74. The molecule has 0 unspecified atom stereocenters. The molecule has 0 fully saturated rings. The normalized spacial score (nSPS) is 13.2. The second-order valence-electron chi connectivity index (χ2n) is 6.43. The fourth-order valence-corrected chi connectivity index (χ4v) is 2.09. The lowest BCUT2D eigenvalue weighted by molar-refractivity contribution is -0.123. The van der Waals surface area contributed by atoms with Crippen molar-refractivity contribution in [1.82, 2.24) is 10.2 Å². The molecule has 0 radical (unpaired) electrons. The van der Waals surface area contributed by atoms with Crippen LogP contribution >= 0.6 is 0 Å². The number of likely N-dealkylation sites (N-methyl/N-ethyl adjacent to an activating group) is 1. The second kappa shape index (κ2) is 9.09. The van der Waals surface area contributed by atoms with Crippen molar-refractivity contribution < 1.29 is 9.53 Å². The summed E-state index contributed by atoms with van der Waals surface area (Å²) in [4.78, 5) is 14.1. The Kier molecular flexibility index (Phi) is 7.47. The van der Waals surface area contributed by atoms with E-state index >= 15 is 0 Å². The summed E-state index contributed by atoms with van der Waals surface area (Å²) < 4.78 is 5.44. The van der Waals surface area contributed by atoms with E-state index in [0.29, 0.717) is 13.2 Å². The highest BCUT2D eigenvalue weighted by Crippen LogP contribution is 2.15. The van der Waals surface area contributed by atoms with Gasteiger partial charge in [-0.2, -0.15) is 5.26 Å². The average molecular weight is 329 g/mol. The summed E-state index contributed by atoms with van der Waals surface area (Å²) in [6.45, 7) is 10.6. The first-order chi connectivity index (χ1) is 11.3. The van der Waals surface area contributed by atoms with Crippen LogP contribution < -0.4 is 10.1 Å². The quantitative estimate of drug-likeness (QED) is 0.708. The molecule has 1 aromatic carbocycles. The monoisotopic (exact) mass is 329 g/mol. The Morgan fingerprint density at radius 1 is 1.46 bits per heavy atom. The first-order valence-corrected chi connectivity index (χ1v) is 8.04. The number of nitrogens with zero attached hydrogens (tertiary/aromatic N) is 2. The SMILES string of the molecule is C=CCOc1ccc(CN(C)CC(=O)N[C@@](C)(C#N)C(C)C)cc1. The summed E-state index contributed by atoms with van der Waals surface area (Å²) in [7, 11) is 1.88. The van der Waals surface area contributed by atoms with Crippen molar-refractivity contribution in [2.75, 3.05) is 20.2 Å². The molecule has 0 aliphatic rings. The maximum atomic E-state index is 12.2. The summed E-state index contributed by atoms with van der Waals surface area (Å²) >= 11 is 0. The summed E-state index contributed by atoms with van der Waals surface area (Å²) in [5.41, 5.74) is 0.241. The Bertz CT molecular complexity index is 590. The van der Waals surface area contributed by atoms with Gasteiger partial charge in [0.15, 0.2) is 0 Å². The van der Waals surface area contributed by atoms with Crippen LogP contribution in [0.15, 0.2) is 36.9 Å². The van der Waals surface area contributed by atoms with Crippen molar-refractivity contribution in [3.63, 3.8) is 0 Å². The molecular weight excluding hydrogens is 302 g/mol. The van der Waals surface area contributed by atoms with Gasteiger partial charge in [-0.25, -0.2) is 0 Å². The summed E-state index contributed by atoms with van der Waals surface area (Å²) in [5.74, 6) is 0.682. The van der Waals surface area contributed by atoms with Gasteiger partial charge in [0.25, 0.3) is 0 Å². The van der Waals surface area contributed by atoms with E-state index in [0.717, 1.165) is 11.3 Å². The Labute approximate surface area is 144 Å².